The fourth-order valence-corrected chi connectivity index (χ4v) is 3.29. The number of nitrogens with one attached hydrogen (secondary N) is 1. The van der Waals surface area contributed by atoms with Crippen molar-refractivity contribution in [3.8, 4) is 0 Å². The van der Waals surface area contributed by atoms with Crippen LogP contribution in [0.4, 0.5) is 0 Å². The molecule has 1 aliphatic rings. The molecule has 116 valence electrons. The molecule has 0 spiro atoms. The quantitative estimate of drug-likeness (QED) is 0.807. The molecular weight excluding hydrogens is 290 g/mol. The lowest BCUT2D eigenvalue weighted by Crippen LogP contribution is -2.39. The Bertz CT molecular complexity index is 454. The summed E-state index contributed by atoms with van der Waals surface area (Å²) in [4.78, 5) is 24.4. The van der Waals surface area contributed by atoms with E-state index in [1.165, 1.54) is 4.88 Å². The molecule has 1 aromatic heterocycles. The van der Waals surface area contributed by atoms with Crippen LogP contribution in [0.1, 0.15) is 24.1 Å². The van der Waals surface area contributed by atoms with Crippen LogP contribution in [0.3, 0.4) is 0 Å². The van der Waals surface area contributed by atoms with Crippen LogP contribution >= 0.6 is 11.3 Å². The van der Waals surface area contributed by atoms with Gasteiger partial charge in [0, 0.05) is 31.1 Å². The van der Waals surface area contributed by atoms with Crippen LogP contribution in [0.25, 0.3) is 0 Å². The van der Waals surface area contributed by atoms with Gasteiger partial charge in [-0.2, -0.15) is 0 Å². The van der Waals surface area contributed by atoms with Gasteiger partial charge in [0.25, 0.3) is 0 Å². The zero-order valence-corrected chi connectivity index (χ0v) is 12.7. The number of amides is 1. The van der Waals surface area contributed by atoms with Gasteiger partial charge >= 0.3 is 5.97 Å². The van der Waals surface area contributed by atoms with E-state index in [-0.39, 0.29) is 18.4 Å². The number of aliphatic carboxylic acids is 1. The lowest BCUT2D eigenvalue weighted by Gasteiger charge is -2.27. The highest BCUT2D eigenvalue weighted by Crippen LogP contribution is 2.23. The molecule has 2 heterocycles. The molecule has 0 aliphatic carbocycles. The summed E-state index contributed by atoms with van der Waals surface area (Å²) in [7, 11) is 0. The Morgan fingerprint density at radius 3 is 2.81 bits per heavy atom. The molecule has 0 radical (unpaired) electrons. The highest BCUT2D eigenvalue weighted by molar-refractivity contribution is 7.09. The molecule has 1 unspecified atom stereocenters. The number of hydrogen-bond donors (Lipinski definition) is 2. The van der Waals surface area contributed by atoms with Crippen LogP contribution in [0, 0.1) is 11.8 Å². The summed E-state index contributed by atoms with van der Waals surface area (Å²) in [5.74, 6) is -1.34. The first-order chi connectivity index (χ1) is 10.2. The first-order valence-electron chi connectivity index (χ1n) is 7.26. The highest BCUT2D eigenvalue weighted by atomic mass is 32.1. The monoisotopic (exact) mass is 311 g/mol. The molecule has 1 fully saturated rings. The molecule has 21 heavy (non-hydrogen) atoms. The van der Waals surface area contributed by atoms with E-state index in [0.29, 0.717) is 26.1 Å². The van der Waals surface area contributed by atoms with Crippen molar-refractivity contribution in [1.82, 2.24) is 5.32 Å². The summed E-state index contributed by atoms with van der Waals surface area (Å²) in [6.45, 7) is 1.44. The minimum atomic E-state index is -0.833. The molecule has 1 amide bonds. The zero-order chi connectivity index (χ0) is 15.1. The maximum Gasteiger partial charge on any atom is 0.308 e. The predicted molar refractivity (Wildman–Crippen MR) is 80.3 cm³/mol. The van der Waals surface area contributed by atoms with Gasteiger partial charge in [0.15, 0.2) is 0 Å². The lowest BCUT2D eigenvalue weighted by molar-refractivity contribution is -0.144. The number of carboxylic acid groups (broad SMARTS) is 1. The van der Waals surface area contributed by atoms with Crippen molar-refractivity contribution in [2.45, 2.75) is 25.7 Å². The zero-order valence-electron chi connectivity index (χ0n) is 11.9. The fourth-order valence-electron chi connectivity index (χ4n) is 2.58. The minimum Gasteiger partial charge on any atom is -0.481 e. The standard InChI is InChI=1S/C15H21NO4S/c17-14(4-3-12-2-1-9-21-12)16-10-13(15(18)19)11-5-7-20-8-6-11/h1-2,9,11,13H,3-8,10H2,(H,16,17)(H,18,19). The third-order valence-electron chi connectivity index (χ3n) is 3.85. The second-order valence-electron chi connectivity index (χ2n) is 5.28. The van der Waals surface area contributed by atoms with Crippen LogP contribution in [-0.2, 0) is 20.7 Å². The molecule has 2 N–H and O–H groups in total. The summed E-state index contributed by atoms with van der Waals surface area (Å²) < 4.78 is 5.26. The van der Waals surface area contributed by atoms with Crippen LogP contribution in [-0.4, -0.2) is 36.7 Å². The van der Waals surface area contributed by atoms with Gasteiger partial charge in [-0.1, -0.05) is 6.07 Å². The van der Waals surface area contributed by atoms with E-state index in [2.05, 4.69) is 5.32 Å². The molecule has 0 aromatic carbocycles. The van der Waals surface area contributed by atoms with Gasteiger partial charge in [-0.25, -0.2) is 0 Å². The molecule has 0 saturated carbocycles. The average molecular weight is 311 g/mol. The van der Waals surface area contributed by atoms with Crippen molar-refractivity contribution in [2.75, 3.05) is 19.8 Å². The molecule has 1 aromatic rings. The number of ether oxygens (including phenoxy) is 1. The molecule has 1 atom stereocenters. The summed E-state index contributed by atoms with van der Waals surface area (Å²) >= 11 is 1.63. The Labute approximate surface area is 128 Å². The van der Waals surface area contributed by atoms with Crippen molar-refractivity contribution < 1.29 is 19.4 Å². The summed E-state index contributed by atoms with van der Waals surface area (Å²) in [6.07, 6.45) is 2.61. The van der Waals surface area contributed by atoms with Gasteiger partial charge in [0.05, 0.1) is 5.92 Å². The second kappa shape index (κ2) is 8.14. The van der Waals surface area contributed by atoms with Crippen LogP contribution in [0.2, 0.25) is 0 Å². The fraction of sp³-hybridized carbons (Fsp3) is 0.600. The first-order valence-corrected chi connectivity index (χ1v) is 8.14. The SMILES string of the molecule is O=C(CCc1cccs1)NCC(C(=O)O)C1CCOCC1. The van der Waals surface area contributed by atoms with Crippen molar-refractivity contribution in [3.05, 3.63) is 22.4 Å². The lowest BCUT2D eigenvalue weighted by atomic mass is 9.86. The smallest absolute Gasteiger partial charge is 0.308 e. The summed E-state index contributed by atoms with van der Waals surface area (Å²) in [6, 6.07) is 3.96. The normalized spacial score (nSPS) is 17.3. The number of carboxylic acids is 1. The predicted octanol–water partition coefficient (Wildman–Crippen LogP) is 1.92. The number of carbonyl (C=O) groups is 2. The van der Waals surface area contributed by atoms with Crippen molar-refractivity contribution >= 4 is 23.2 Å². The molecule has 6 heteroatoms. The molecule has 1 saturated heterocycles. The minimum absolute atomic E-state index is 0.0818. The molecule has 2 rings (SSSR count). The van der Waals surface area contributed by atoms with Gasteiger partial charge < -0.3 is 15.2 Å². The Morgan fingerprint density at radius 2 is 2.19 bits per heavy atom. The molecule has 1 aliphatic heterocycles. The van der Waals surface area contributed by atoms with E-state index in [0.717, 1.165) is 12.8 Å². The number of rotatable bonds is 7. The maximum absolute atomic E-state index is 11.8. The van der Waals surface area contributed by atoms with Crippen LogP contribution in [0.15, 0.2) is 17.5 Å². The first kappa shape index (κ1) is 16.0. The third kappa shape index (κ3) is 5.13. The van der Waals surface area contributed by atoms with Gasteiger partial charge in [0.1, 0.15) is 0 Å². The number of thiophene rings is 1. The van der Waals surface area contributed by atoms with Crippen molar-refractivity contribution in [2.24, 2.45) is 11.8 Å². The Kier molecular flexibility index (Phi) is 6.20. The number of aryl methyl sites for hydroxylation is 1. The van der Waals surface area contributed by atoms with Gasteiger partial charge in [-0.05, 0) is 36.6 Å². The van der Waals surface area contributed by atoms with Crippen molar-refractivity contribution in [1.29, 1.82) is 0 Å². The van der Waals surface area contributed by atoms with Gasteiger partial charge in [-0.3, -0.25) is 9.59 Å². The topological polar surface area (TPSA) is 75.6 Å². The van der Waals surface area contributed by atoms with Crippen molar-refractivity contribution in [3.63, 3.8) is 0 Å². The van der Waals surface area contributed by atoms with E-state index in [4.69, 9.17) is 4.74 Å². The largest absolute Gasteiger partial charge is 0.481 e. The van der Waals surface area contributed by atoms with Gasteiger partial charge in [-0.15, -0.1) is 11.3 Å². The van der Waals surface area contributed by atoms with E-state index >= 15 is 0 Å². The van der Waals surface area contributed by atoms with Gasteiger partial charge in [0.2, 0.25) is 5.91 Å². The average Bonchev–Trinajstić information content (AvgIpc) is 2.99. The number of hydrogen-bond acceptors (Lipinski definition) is 4. The third-order valence-corrected chi connectivity index (χ3v) is 4.79. The van der Waals surface area contributed by atoms with Crippen LogP contribution in [0.5, 0.6) is 0 Å². The summed E-state index contributed by atoms with van der Waals surface area (Å²) in [5.41, 5.74) is 0. The molecule has 0 bridgehead atoms. The highest BCUT2D eigenvalue weighted by Gasteiger charge is 2.29. The van der Waals surface area contributed by atoms with E-state index in [1.54, 1.807) is 11.3 Å². The molecular formula is C15H21NO4S. The van der Waals surface area contributed by atoms with E-state index in [9.17, 15) is 14.7 Å². The van der Waals surface area contributed by atoms with E-state index in [1.807, 2.05) is 17.5 Å². The number of carbonyl (C=O) groups excluding carboxylic acids is 1. The van der Waals surface area contributed by atoms with E-state index < -0.39 is 11.9 Å². The Balaban J connectivity index is 1.75. The maximum atomic E-state index is 11.8. The second-order valence-corrected chi connectivity index (χ2v) is 6.31. The Morgan fingerprint density at radius 1 is 1.43 bits per heavy atom. The van der Waals surface area contributed by atoms with Crippen LogP contribution < -0.4 is 5.32 Å². The summed E-state index contributed by atoms with van der Waals surface area (Å²) in [5, 5.41) is 14.1. The molecule has 5 nitrogen and oxygen atoms in total. The Hall–Kier alpha value is -1.40.